The Balaban J connectivity index is 2.03. The van der Waals surface area contributed by atoms with Crippen LogP contribution in [0.3, 0.4) is 0 Å². The molecule has 0 spiro atoms. The van der Waals surface area contributed by atoms with Gasteiger partial charge in [0.2, 0.25) is 0 Å². The van der Waals surface area contributed by atoms with Crippen molar-refractivity contribution < 1.29 is 19.1 Å². The van der Waals surface area contributed by atoms with Gasteiger partial charge in [0.1, 0.15) is 0 Å². The van der Waals surface area contributed by atoms with Crippen LogP contribution < -0.4 is 10.6 Å². The van der Waals surface area contributed by atoms with Crippen LogP contribution in [-0.4, -0.2) is 24.4 Å². The van der Waals surface area contributed by atoms with Crippen LogP contribution in [0.1, 0.15) is 35.7 Å². The molecule has 2 amide bonds. The van der Waals surface area contributed by atoms with Crippen LogP contribution in [0.15, 0.2) is 48.5 Å². The zero-order chi connectivity index (χ0) is 19.6. The van der Waals surface area contributed by atoms with Gasteiger partial charge in [-0.1, -0.05) is 25.5 Å². The maximum atomic E-state index is 12.1. The second kappa shape index (κ2) is 9.73. The van der Waals surface area contributed by atoms with Crippen molar-refractivity contribution in [1.82, 2.24) is 0 Å². The van der Waals surface area contributed by atoms with Crippen LogP contribution in [0.4, 0.5) is 11.4 Å². The quantitative estimate of drug-likeness (QED) is 0.464. The average Bonchev–Trinajstić information content (AvgIpc) is 2.69. The standard InChI is InChI=1S/C20H19N3O4/c1-2-3-12-27-20(26)16-6-4-5-7-17(16)23-19(25)18(24)22-15-10-8-14(13-21)9-11-15/h4-11H,2-3,12H2,1H3,(H,22,24)(H,23,25). The summed E-state index contributed by atoms with van der Waals surface area (Å²) in [5.74, 6) is -2.38. The van der Waals surface area contributed by atoms with Crippen molar-refractivity contribution in [2.24, 2.45) is 0 Å². The van der Waals surface area contributed by atoms with E-state index in [0.29, 0.717) is 11.3 Å². The first kappa shape index (κ1) is 19.7. The molecule has 0 saturated carbocycles. The molecule has 2 rings (SSSR count). The molecule has 7 nitrogen and oxygen atoms in total. The Morgan fingerprint density at radius 2 is 1.67 bits per heavy atom. The van der Waals surface area contributed by atoms with Gasteiger partial charge in [0, 0.05) is 5.69 Å². The first-order chi connectivity index (χ1) is 13.0. The maximum absolute atomic E-state index is 12.1. The Kier molecular flexibility index (Phi) is 7.08. The highest BCUT2D eigenvalue weighted by atomic mass is 16.5. The molecule has 138 valence electrons. The highest BCUT2D eigenvalue weighted by Crippen LogP contribution is 2.17. The minimum Gasteiger partial charge on any atom is -0.462 e. The fourth-order valence-electron chi connectivity index (χ4n) is 2.15. The number of hydrogen-bond acceptors (Lipinski definition) is 5. The fraction of sp³-hybridized carbons (Fsp3) is 0.200. The lowest BCUT2D eigenvalue weighted by molar-refractivity contribution is -0.133. The van der Waals surface area contributed by atoms with E-state index in [-0.39, 0.29) is 17.9 Å². The summed E-state index contributed by atoms with van der Waals surface area (Å²) in [6, 6.07) is 14.4. The number of nitrogens with one attached hydrogen (secondary N) is 2. The Bertz CT molecular complexity index is 870. The highest BCUT2D eigenvalue weighted by molar-refractivity contribution is 6.43. The summed E-state index contributed by atoms with van der Waals surface area (Å²) in [6.07, 6.45) is 1.63. The monoisotopic (exact) mass is 365 g/mol. The summed E-state index contributed by atoms with van der Waals surface area (Å²) in [7, 11) is 0. The molecule has 0 fully saturated rings. The summed E-state index contributed by atoms with van der Waals surface area (Å²) >= 11 is 0. The molecular formula is C20H19N3O4. The van der Waals surface area contributed by atoms with Gasteiger partial charge in [0.25, 0.3) is 0 Å². The predicted octanol–water partition coefficient (Wildman–Crippen LogP) is 3.09. The number of rotatable bonds is 6. The molecule has 27 heavy (non-hydrogen) atoms. The smallest absolute Gasteiger partial charge is 0.340 e. The van der Waals surface area contributed by atoms with Crippen LogP contribution in [-0.2, 0) is 14.3 Å². The van der Waals surface area contributed by atoms with Gasteiger partial charge in [0.05, 0.1) is 29.5 Å². The Hall–Kier alpha value is -3.66. The number of benzene rings is 2. The van der Waals surface area contributed by atoms with E-state index in [4.69, 9.17) is 10.00 Å². The number of esters is 1. The van der Waals surface area contributed by atoms with Gasteiger partial charge in [0.15, 0.2) is 0 Å². The number of nitrogens with zero attached hydrogens (tertiary/aromatic N) is 1. The molecule has 0 aromatic heterocycles. The molecule has 0 atom stereocenters. The molecule has 2 N–H and O–H groups in total. The van der Waals surface area contributed by atoms with E-state index in [0.717, 1.165) is 12.8 Å². The lowest BCUT2D eigenvalue weighted by atomic mass is 10.1. The van der Waals surface area contributed by atoms with Gasteiger partial charge in [-0.15, -0.1) is 0 Å². The molecule has 0 aliphatic rings. The number of carbonyl (C=O) groups is 3. The van der Waals surface area contributed by atoms with Crippen molar-refractivity contribution in [3.05, 3.63) is 59.7 Å². The second-order valence-corrected chi connectivity index (χ2v) is 5.63. The summed E-state index contributed by atoms with van der Waals surface area (Å²) in [5, 5.41) is 13.6. The van der Waals surface area contributed by atoms with Crippen molar-refractivity contribution in [3.8, 4) is 6.07 Å². The van der Waals surface area contributed by atoms with Crippen molar-refractivity contribution in [2.75, 3.05) is 17.2 Å². The van der Waals surface area contributed by atoms with Crippen LogP contribution in [0.2, 0.25) is 0 Å². The van der Waals surface area contributed by atoms with E-state index in [1.54, 1.807) is 12.1 Å². The number of nitriles is 1. The summed E-state index contributed by atoms with van der Waals surface area (Å²) in [5.41, 5.74) is 1.18. The SMILES string of the molecule is CCCCOC(=O)c1ccccc1NC(=O)C(=O)Nc1ccc(C#N)cc1. The number of anilines is 2. The van der Waals surface area contributed by atoms with Gasteiger partial charge in [-0.25, -0.2) is 4.79 Å². The van der Waals surface area contributed by atoms with Crippen molar-refractivity contribution in [3.63, 3.8) is 0 Å². The van der Waals surface area contributed by atoms with Gasteiger partial charge in [-0.2, -0.15) is 5.26 Å². The number of unbranched alkanes of at least 4 members (excludes halogenated alkanes) is 1. The Morgan fingerprint density at radius 3 is 2.33 bits per heavy atom. The Morgan fingerprint density at radius 1 is 1.00 bits per heavy atom. The van der Waals surface area contributed by atoms with E-state index in [1.807, 2.05) is 13.0 Å². The van der Waals surface area contributed by atoms with E-state index in [1.165, 1.54) is 36.4 Å². The lowest BCUT2D eigenvalue weighted by Crippen LogP contribution is -2.29. The van der Waals surface area contributed by atoms with Crippen LogP contribution >= 0.6 is 0 Å². The molecule has 0 bridgehead atoms. The number of amides is 2. The topological polar surface area (TPSA) is 108 Å². The molecule has 2 aromatic rings. The van der Waals surface area contributed by atoms with Crippen LogP contribution in [0, 0.1) is 11.3 Å². The summed E-state index contributed by atoms with van der Waals surface area (Å²) < 4.78 is 5.15. The molecule has 0 unspecified atom stereocenters. The molecule has 0 aliphatic carbocycles. The third kappa shape index (κ3) is 5.68. The van der Waals surface area contributed by atoms with Gasteiger partial charge >= 0.3 is 17.8 Å². The zero-order valence-corrected chi connectivity index (χ0v) is 14.8. The average molecular weight is 365 g/mol. The van der Waals surface area contributed by atoms with Gasteiger partial charge in [-0.3, -0.25) is 9.59 Å². The van der Waals surface area contributed by atoms with Crippen molar-refractivity contribution >= 4 is 29.2 Å². The van der Waals surface area contributed by atoms with E-state index in [2.05, 4.69) is 10.6 Å². The maximum Gasteiger partial charge on any atom is 0.340 e. The number of para-hydroxylation sites is 1. The number of hydrogen-bond donors (Lipinski definition) is 2. The van der Waals surface area contributed by atoms with Gasteiger partial charge < -0.3 is 15.4 Å². The molecule has 0 radical (unpaired) electrons. The van der Waals surface area contributed by atoms with Gasteiger partial charge in [-0.05, 0) is 42.8 Å². The number of carbonyl (C=O) groups excluding carboxylic acids is 3. The van der Waals surface area contributed by atoms with E-state index in [9.17, 15) is 14.4 Å². The second-order valence-electron chi connectivity index (χ2n) is 5.63. The molecule has 0 aliphatic heterocycles. The lowest BCUT2D eigenvalue weighted by Gasteiger charge is -2.11. The third-order valence-corrected chi connectivity index (χ3v) is 3.60. The first-order valence-corrected chi connectivity index (χ1v) is 8.43. The molecule has 7 heteroatoms. The van der Waals surface area contributed by atoms with Crippen molar-refractivity contribution in [2.45, 2.75) is 19.8 Å². The normalized spacial score (nSPS) is 9.78. The minimum atomic E-state index is -0.923. The van der Waals surface area contributed by atoms with Crippen molar-refractivity contribution in [1.29, 1.82) is 5.26 Å². The van der Waals surface area contributed by atoms with Crippen LogP contribution in [0.25, 0.3) is 0 Å². The predicted molar refractivity (Wildman–Crippen MR) is 100 cm³/mol. The Labute approximate surface area is 156 Å². The van der Waals surface area contributed by atoms with E-state index < -0.39 is 17.8 Å². The molecule has 0 saturated heterocycles. The number of ether oxygens (including phenoxy) is 1. The molecule has 0 heterocycles. The van der Waals surface area contributed by atoms with E-state index >= 15 is 0 Å². The van der Waals surface area contributed by atoms with Crippen LogP contribution in [0.5, 0.6) is 0 Å². The summed E-state index contributed by atoms with van der Waals surface area (Å²) in [4.78, 5) is 36.3. The first-order valence-electron chi connectivity index (χ1n) is 8.43. The molecular weight excluding hydrogens is 346 g/mol. The third-order valence-electron chi connectivity index (χ3n) is 3.60. The minimum absolute atomic E-state index is 0.174. The highest BCUT2D eigenvalue weighted by Gasteiger charge is 2.18. The zero-order valence-electron chi connectivity index (χ0n) is 14.8. The summed E-state index contributed by atoms with van der Waals surface area (Å²) in [6.45, 7) is 2.27. The molecule has 2 aromatic carbocycles. The largest absolute Gasteiger partial charge is 0.462 e. The fourth-order valence-corrected chi connectivity index (χ4v) is 2.15.